The number of hydrogen-bond acceptors (Lipinski definition) is 5. The van der Waals surface area contributed by atoms with Crippen LogP contribution in [0.2, 0.25) is 0 Å². The Morgan fingerprint density at radius 2 is 1.86 bits per heavy atom. The quantitative estimate of drug-likeness (QED) is 0.798. The molecule has 1 amide bonds. The summed E-state index contributed by atoms with van der Waals surface area (Å²) < 4.78 is 4.85. The van der Waals surface area contributed by atoms with Gasteiger partial charge < -0.3 is 15.2 Å². The molecule has 2 rings (SSSR count). The Kier molecular flexibility index (Phi) is 5.77. The van der Waals surface area contributed by atoms with Crippen LogP contribution in [0, 0.1) is 0 Å². The molecule has 1 heterocycles. The van der Waals surface area contributed by atoms with Gasteiger partial charge in [-0.2, -0.15) is 0 Å². The van der Waals surface area contributed by atoms with Gasteiger partial charge in [0.05, 0.1) is 7.11 Å². The predicted octanol–water partition coefficient (Wildman–Crippen LogP) is 1.15. The number of benzene rings is 1. The third kappa shape index (κ3) is 4.21. The number of carbonyl (C=O) groups excluding carboxylic acids is 2. The van der Waals surface area contributed by atoms with Crippen LogP contribution in [-0.2, 0) is 9.53 Å². The van der Waals surface area contributed by atoms with Gasteiger partial charge in [0.2, 0.25) is 0 Å². The van der Waals surface area contributed by atoms with Gasteiger partial charge in [-0.1, -0.05) is 6.42 Å². The first-order chi connectivity index (χ1) is 10.6. The van der Waals surface area contributed by atoms with Gasteiger partial charge in [-0.05, 0) is 50.2 Å². The number of hydrogen-bond donors (Lipinski definition) is 2. The molecule has 6 heteroatoms. The lowest BCUT2D eigenvalue weighted by molar-refractivity contribution is -0.147. The highest BCUT2D eigenvalue weighted by Gasteiger charge is 2.28. The van der Waals surface area contributed by atoms with Crippen molar-refractivity contribution in [2.45, 2.75) is 25.3 Å². The van der Waals surface area contributed by atoms with Crippen molar-refractivity contribution < 1.29 is 19.4 Å². The Balaban J connectivity index is 1.96. The second kappa shape index (κ2) is 7.79. The molecule has 22 heavy (non-hydrogen) atoms. The van der Waals surface area contributed by atoms with E-state index in [1.807, 2.05) is 0 Å². The number of aromatic hydroxyl groups is 1. The molecule has 1 aliphatic rings. The number of piperidine rings is 1. The molecule has 1 aromatic rings. The second-order valence-electron chi connectivity index (χ2n) is 5.39. The van der Waals surface area contributed by atoms with Crippen molar-refractivity contribution in [2.24, 2.45) is 0 Å². The molecule has 0 spiro atoms. The molecular formula is C16H22N2O4. The fourth-order valence-electron chi connectivity index (χ4n) is 2.63. The molecule has 0 aromatic heterocycles. The van der Waals surface area contributed by atoms with E-state index < -0.39 is 6.04 Å². The molecule has 1 aromatic carbocycles. The van der Waals surface area contributed by atoms with Crippen molar-refractivity contribution in [1.82, 2.24) is 10.2 Å². The maximum atomic E-state index is 12.1. The first-order valence-electron chi connectivity index (χ1n) is 7.51. The number of likely N-dealkylation sites (tertiary alicyclic amines) is 1. The van der Waals surface area contributed by atoms with Crippen LogP contribution in [0.1, 0.15) is 29.6 Å². The van der Waals surface area contributed by atoms with Gasteiger partial charge in [-0.25, -0.2) is 0 Å². The van der Waals surface area contributed by atoms with Gasteiger partial charge in [0, 0.05) is 12.1 Å². The van der Waals surface area contributed by atoms with Crippen LogP contribution in [0.15, 0.2) is 24.3 Å². The minimum absolute atomic E-state index is 0.109. The summed E-state index contributed by atoms with van der Waals surface area (Å²) >= 11 is 0. The van der Waals surface area contributed by atoms with Crippen LogP contribution in [0.3, 0.4) is 0 Å². The summed E-state index contributed by atoms with van der Waals surface area (Å²) in [5, 5.41) is 12.0. The van der Waals surface area contributed by atoms with Crippen LogP contribution in [0.5, 0.6) is 5.75 Å². The molecule has 2 N–H and O–H groups in total. The first-order valence-corrected chi connectivity index (χ1v) is 7.51. The third-order valence-electron chi connectivity index (χ3n) is 3.89. The van der Waals surface area contributed by atoms with E-state index in [0.717, 1.165) is 25.9 Å². The highest BCUT2D eigenvalue weighted by molar-refractivity contribution is 5.94. The van der Waals surface area contributed by atoms with Gasteiger partial charge in [-0.3, -0.25) is 14.5 Å². The Labute approximate surface area is 130 Å². The normalized spacial score (nSPS) is 16.8. The number of amides is 1. The molecular weight excluding hydrogens is 284 g/mol. The second-order valence-corrected chi connectivity index (χ2v) is 5.39. The van der Waals surface area contributed by atoms with Crippen LogP contribution < -0.4 is 5.32 Å². The van der Waals surface area contributed by atoms with Gasteiger partial charge in [0.1, 0.15) is 11.8 Å². The Bertz CT molecular complexity index is 509. The molecule has 1 atom stereocenters. The molecule has 1 unspecified atom stereocenters. The highest BCUT2D eigenvalue weighted by Crippen LogP contribution is 2.13. The maximum absolute atomic E-state index is 12.1. The number of carbonyl (C=O) groups is 2. The van der Waals surface area contributed by atoms with Crippen LogP contribution in [0.4, 0.5) is 0 Å². The predicted molar refractivity (Wildman–Crippen MR) is 81.7 cm³/mol. The largest absolute Gasteiger partial charge is 0.508 e. The zero-order chi connectivity index (χ0) is 15.9. The summed E-state index contributed by atoms with van der Waals surface area (Å²) in [5.41, 5.74) is 0.444. The molecule has 0 bridgehead atoms. The average molecular weight is 306 g/mol. The lowest BCUT2D eigenvalue weighted by atomic mass is 10.1. The minimum atomic E-state index is -0.452. The number of phenolic OH excluding ortho intramolecular Hbond substituents is 1. The maximum Gasteiger partial charge on any atom is 0.324 e. The zero-order valence-corrected chi connectivity index (χ0v) is 12.7. The summed E-state index contributed by atoms with van der Waals surface area (Å²) in [4.78, 5) is 26.1. The molecule has 0 saturated carbocycles. The molecule has 120 valence electrons. The van der Waals surface area contributed by atoms with Gasteiger partial charge >= 0.3 is 5.97 Å². The van der Waals surface area contributed by atoms with Gasteiger partial charge in [0.15, 0.2) is 0 Å². The number of esters is 1. The number of ether oxygens (including phenoxy) is 1. The van der Waals surface area contributed by atoms with Crippen molar-refractivity contribution in [3.63, 3.8) is 0 Å². The lowest BCUT2D eigenvalue weighted by Crippen LogP contribution is -2.50. The van der Waals surface area contributed by atoms with Crippen LogP contribution >= 0.6 is 0 Å². The summed E-state index contributed by atoms with van der Waals surface area (Å²) in [5.74, 6) is -0.490. The topological polar surface area (TPSA) is 78.9 Å². The Morgan fingerprint density at radius 1 is 1.23 bits per heavy atom. The third-order valence-corrected chi connectivity index (χ3v) is 3.89. The number of phenols is 1. The fourth-order valence-corrected chi connectivity index (χ4v) is 2.63. The number of nitrogens with one attached hydrogen (secondary N) is 1. The molecule has 1 aliphatic heterocycles. The van der Waals surface area contributed by atoms with Crippen LogP contribution in [0.25, 0.3) is 0 Å². The molecule has 0 radical (unpaired) electrons. The van der Waals surface area contributed by atoms with Crippen molar-refractivity contribution >= 4 is 11.9 Å². The lowest BCUT2D eigenvalue weighted by Gasteiger charge is -2.32. The number of rotatable bonds is 5. The number of nitrogens with zero attached hydrogens (tertiary/aromatic N) is 1. The zero-order valence-electron chi connectivity index (χ0n) is 12.7. The minimum Gasteiger partial charge on any atom is -0.508 e. The summed E-state index contributed by atoms with van der Waals surface area (Å²) in [6.45, 7) is 1.90. The van der Waals surface area contributed by atoms with Crippen LogP contribution in [-0.4, -0.2) is 54.7 Å². The summed E-state index contributed by atoms with van der Waals surface area (Å²) in [7, 11) is 1.36. The number of methoxy groups -OCH3 is 1. The van der Waals surface area contributed by atoms with Crippen molar-refractivity contribution in [3.05, 3.63) is 29.8 Å². The van der Waals surface area contributed by atoms with E-state index in [-0.39, 0.29) is 24.2 Å². The van der Waals surface area contributed by atoms with E-state index in [1.54, 1.807) is 12.1 Å². The average Bonchev–Trinajstić information content (AvgIpc) is 2.56. The fraction of sp³-hybridized carbons (Fsp3) is 0.500. The van der Waals surface area contributed by atoms with Gasteiger partial charge in [-0.15, -0.1) is 0 Å². The van der Waals surface area contributed by atoms with E-state index in [1.165, 1.54) is 25.7 Å². The molecule has 6 nitrogen and oxygen atoms in total. The van der Waals surface area contributed by atoms with Crippen molar-refractivity contribution in [1.29, 1.82) is 0 Å². The van der Waals surface area contributed by atoms with Crippen molar-refractivity contribution in [3.8, 4) is 5.75 Å². The molecule has 1 saturated heterocycles. The van der Waals surface area contributed by atoms with E-state index >= 15 is 0 Å². The van der Waals surface area contributed by atoms with Crippen molar-refractivity contribution in [2.75, 3.05) is 26.7 Å². The van der Waals surface area contributed by atoms with E-state index in [4.69, 9.17) is 4.74 Å². The Hall–Kier alpha value is -2.08. The first kappa shape index (κ1) is 16.3. The Morgan fingerprint density at radius 3 is 2.45 bits per heavy atom. The SMILES string of the molecule is COC(=O)C(CNC(=O)c1ccc(O)cc1)N1CCCCC1. The monoisotopic (exact) mass is 306 g/mol. The van der Waals surface area contributed by atoms with Gasteiger partial charge in [0.25, 0.3) is 5.91 Å². The molecule has 0 aliphatic carbocycles. The summed E-state index contributed by atoms with van der Waals surface area (Å²) in [6, 6.07) is 5.54. The smallest absolute Gasteiger partial charge is 0.324 e. The summed E-state index contributed by atoms with van der Waals surface area (Å²) in [6.07, 6.45) is 3.28. The standard InChI is InChI=1S/C16H22N2O4/c1-22-16(21)14(18-9-3-2-4-10-18)11-17-15(20)12-5-7-13(19)8-6-12/h5-8,14,19H,2-4,9-11H2,1H3,(H,17,20). The van der Waals surface area contributed by atoms with E-state index in [2.05, 4.69) is 10.2 Å². The van der Waals surface area contributed by atoms with E-state index in [9.17, 15) is 14.7 Å². The highest BCUT2D eigenvalue weighted by atomic mass is 16.5. The molecule has 1 fully saturated rings. The van der Waals surface area contributed by atoms with E-state index in [0.29, 0.717) is 5.56 Å².